The second-order valence-electron chi connectivity index (χ2n) is 15.1. The van der Waals surface area contributed by atoms with Crippen LogP contribution in [0.5, 0.6) is 0 Å². The van der Waals surface area contributed by atoms with E-state index in [-0.39, 0.29) is 10.8 Å². The summed E-state index contributed by atoms with van der Waals surface area (Å²) in [6.45, 7) is -0.392. The zero-order chi connectivity index (χ0) is 43.1. The van der Waals surface area contributed by atoms with Crippen LogP contribution in [0, 0.1) is 0 Å². The number of aliphatic hydroxyl groups is 10. The van der Waals surface area contributed by atoms with E-state index in [4.69, 9.17) is 28.4 Å². The van der Waals surface area contributed by atoms with Crippen molar-refractivity contribution in [1.82, 2.24) is 16.0 Å². The molecule has 3 fully saturated rings. The van der Waals surface area contributed by atoms with Gasteiger partial charge in [0.2, 0.25) is 24.0 Å². The Bertz CT molecular complexity index is 1330. The lowest BCUT2D eigenvalue weighted by atomic mass is 9.93. The Kier molecular flexibility index (Phi) is 18.0. The number of ether oxygens (including phenoxy) is 6. The zero-order valence-corrected chi connectivity index (χ0v) is 32.4. The van der Waals surface area contributed by atoms with Crippen LogP contribution in [0.1, 0.15) is 20.8 Å². The maximum absolute atomic E-state index is 12.4. The van der Waals surface area contributed by atoms with Crippen molar-refractivity contribution < 1.29 is 103 Å². The number of hydrogen-bond donors (Lipinski definition) is 13. The molecule has 3 amide bonds. The molecule has 330 valence electrons. The van der Waals surface area contributed by atoms with Crippen molar-refractivity contribution in [3.63, 3.8) is 0 Å². The topological polar surface area (TPSA) is 362 Å². The van der Waals surface area contributed by atoms with Crippen LogP contribution in [0.4, 0.5) is 0 Å². The molecule has 0 unspecified atom stereocenters. The summed E-state index contributed by atoms with van der Waals surface area (Å²) in [5, 5.41) is 114. The molecular formula is C33H59N4O20+. The highest BCUT2D eigenvalue weighted by atomic mass is 16.8. The van der Waals surface area contributed by atoms with Crippen LogP contribution in [-0.4, -0.2) is 243 Å². The minimum absolute atomic E-state index is 0.0523. The van der Waals surface area contributed by atoms with Crippen LogP contribution in [0.15, 0.2) is 0 Å². The Labute approximate surface area is 327 Å². The first-order valence-electron chi connectivity index (χ1n) is 18.2. The smallest absolute Gasteiger partial charge is 0.217 e. The summed E-state index contributed by atoms with van der Waals surface area (Å²) < 4.78 is 35.4. The first-order chi connectivity index (χ1) is 26.6. The van der Waals surface area contributed by atoms with Gasteiger partial charge in [0, 0.05) is 20.8 Å². The number of amides is 3. The van der Waals surface area contributed by atoms with Gasteiger partial charge in [0.15, 0.2) is 18.6 Å². The fourth-order valence-corrected chi connectivity index (χ4v) is 7.09. The van der Waals surface area contributed by atoms with Gasteiger partial charge in [-0.3, -0.25) is 14.4 Å². The Morgan fingerprint density at radius 1 is 0.684 bits per heavy atom. The van der Waals surface area contributed by atoms with Crippen LogP contribution in [-0.2, 0) is 47.6 Å². The van der Waals surface area contributed by atoms with E-state index in [0.29, 0.717) is 0 Å². The fraction of sp³-hybridized carbons (Fsp3) is 0.879. The molecule has 0 aromatic carbocycles. The predicted molar refractivity (Wildman–Crippen MR) is 186 cm³/mol. The summed E-state index contributed by atoms with van der Waals surface area (Å²) in [6, 6.07) is -5.94. The van der Waals surface area contributed by atoms with Gasteiger partial charge in [0.1, 0.15) is 97.7 Å². The van der Waals surface area contributed by atoms with E-state index < -0.39 is 160 Å². The lowest BCUT2D eigenvalue weighted by molar-refractivity contribution is -0.910. The highest BCUT2D eigenvalue weighted by Crippen LogP contribution is 2.35. The number of nitrogens with zero attached hydrogens (tertiary/aromatic N) is 1. The van der Waals surface area contributed by atoms with Gasteiger partial charge in [0.05, 0.1) is 47.6 Å². The molecule has 3 saturated heterocycles. The summed E-state index contributed by atoms with van der Waals surface area (Å²) in [4.78, 5) is 48.1. The zero-order valence-electron chi connectivity index (χ0n) is 32.4. The summed E-state index contributed by atoms with van der Waals surface area (Å²) >= 11 is 0. The minimum atomic E-state index is -2.03. The van der Waals surface area contributed by atoms with Crippen LogP contribution < -0.4 is 16.0 Å². The second-order valence-corrected chi connectivity index (χ2v) is 15.1. The quantitative estimate of drug-likeness (QED) is 0.0450. The summed E-state index contributed by atoms with van der Waals surface area (Å²) in [6.07, 6.45) is -25.3. The van der Waals surface area contributed by atoms with Gasteiger partial charge in [-0.25, -0.2) is 0 Å². The number of hydrogen-bond acceptors (Lipinski definition) is 20. The number of carbonyl (C=O) groups excluding carboxylic acids is 4. The molecule has 0 radical (unpaired) electrons. The number of aliphatic hydroxyl groups excluding tert-OH is 10. The number of quaternary nitrogens is 1. The van der Waals surface area contributed by atoms with Gasteiger partial charge in [-0.15, -0.1) is 0 Å². The molecule has 13 N–H and O–H groups in total. The van der Waals surface area contributed by atoms with E-state index >= 15 is 0 Å². The minimum Gasteiger partial charge on any atom is -0.394 e. The lowest BCUT2D eigenvalue weighted by Gasteiger charge is -2.51. The largest absolute Gasteiger partial charge is 0.394 e. The van der Waals surface area contributed by atoms with Gasteiger partial charge in [-0.05, 0) is 0 Å². The van der Waals surface area contributed by atoms with Gasteiger partial charge >= 0.3 is 0 Å². The highest BCUT2D eigenvalue weighted by Gasteiger charge is 2.57. The first kappa shape index (κ1) is 48.8. The molecule has 24 nitrogen and oxygen atoms in total. The monoisotopic (exact) mass is 831 g/mol. The van der Waals surface area contributed by atoms with E-state index in [9.17, 15) is 70.2 Å². The summed E-state index contributed by atoms with van der Waals surface area (Å²) in [7, 11) is 4.97. The van der Waals surface area contributed by atoms with E-state index in [1.165, 1.54) is 0 Å². The molecule has 3 heterocycles. The Balaban J connectivity index is 1.96. The molecule has 19 atom stereocenters. The summed E-state index contributed by atoms with van der Waals surface area (Å²) in [5.74, 6) is -2.25. The lowest BCUT2D eigenvalue weighted by Crippen LogP contribution is -2.72. The van der Waals surface area contributed by atoms with E-state index in [1.54, 1.807) is 21.1 Å². The van der Waals surface area contributed by atoms with Gasteiger partial charge in [-0.1, -0.05) is 0 Å². The molecule has 0 aromatic heterocycles. The SMILES string of the molecule is CC(=O)N[C@H]1[C@H](O[C@@H]([C@H](O)[C@H](C=O)NC(C)=O)[C@H](O)CO)O[C@H](CO)[C@@H](O[C@@H]2O[C@H](CO)[C@@H](O[C@H]3O[C@H](CO)[C@@H](O)[C@H](O)[C@H]3[N+](C)(C)C)[C@H](O)[C@H]2NC(C)=O)[C@@H]1O. The third-order valence-electron chi connectivity index (χ3n) is 9.85. The standard InChI is InChI=1S/C33H58N4O20/c1-12(43)34-15(7-38)23(47)28(16(46)8-39)55-31-20(35-13(2)44)25(49)29(18(10-41)53-31)56-32-21(36-14(3)45)26(50)30(19(11-42)54-32)57-33-22(37(4,5)6)27(51)24(48)17(9-40)52-33/h7,15-33,39-42,46-51H,8-11H2,1-6H3,(H2-,34,35,36,43,44,45)/p+1/t15-,16+,17+,18+,19+,20+,21+,22+,23+,24+,25+,26+,27+,28+,29+,30+,31-,32-,33+/m0/s1. The molecule has 24 heteroatoms. The van der Waals surface area contributed by atoms with Gasteiger partial charge in [-0.2, -0.15) is 0 Å². The Hall–Kier alpha value is -2.60. The molecule has 0 aromatic rings. The summed E-state index contributed by atoms with van der Waals surface area (Å²) in [5.41, 5.74) is 0. The van der Waals surface area contributed by atoms with Crippen molar-refractivity contribution in [1.29, 1.82) is 0 Å². The molecular weight excluding hydrogens is 772 g/mol. The maximum atomic E-state index is 12.4. The van der Waals surface area contributed by atoms with E-state index in [1.807, 2.05) is 0 Å². The van der Waals surface area contributed by atoms with Crippen molar-refractivity contribution in [3.05, 3.63) is 0 Å². The molecule has 3 rings (SSSR count). The maximum Gasteiger partial charge on any atom is 0.217 e. The second kappa shape index (κ2) is 21.1. The average molecular weight is 832 g/mol. The van der Waals surface area contributed by atoms with Crippen LogP contribution in [0.25, 0.3) is 0 Å². The number of rotatable bonds is 18. The van der Waals surface area contributed by atoms with E-state index in [0.717, 1.165) is 20.8 Å². The fourth-order valence-electron chi connectivity index (χ4n) is 7.09. The molecule has 0 aliphatic carbocycles. The number of nitrogens with one attached hydrogen (secondary N) is 3. The van der Waals surface area contributed by atoms with E-state index in [2.05, 4.69) is 16.0 Å². The molecule has 3 aliphatic rings. The van der Waals surface area contributed by atoms with Crippen molar-refractivity contribution >= 4 is 24.0 Å². The number of likely N-dealkylation sites (N-methyl/N-ethyl adjacent to an activating group) is 1. The van der Waals surface area contributed by atoms with Crippen LogP contribution in [0.2, 0.25) is 0 Å². The van der Waals surface area contributed by atoms with Gasteiger partial charge < -0.3 is 105 Å². The molecule has 0 bridgehead atoms. The Morgan fingerprint density at radius 2 is 1.14 bits per heavy atom. The highest BCUT2D eigenvalue weighted by molar-refractivity contribution is 5.77. The van der Waals surface area contributed by atoms with Crippen molar-refractivity contribution in [3.8, 4) is 0 Å². The number of aldehydes is 1. The van der Waals surface area contributed by atoms with Crippen LogP contribution >= 0.6 is 0 Å². The average Bonchev–Trinajstić information content (AvgIpc) is 3.13. The normalized spacial score (nSPS) is 38.3. The van der Waals surface area contributed by atoms with Gasteiger partial charge in [0.25, 0.3) is 0 Å². The first-order valence-corrected chi connectivity index (χ1v) is 18.2. The van der Waals surface area contributed by atoms with Crippen molar-refractivity contribution in [2.75, 3.05) is 47.6 Å². The molecule has 0 spiro atoms. The van der Waals surface area contributed by atoms with Crippen molar-refractivity contribution in [2.45, 2.75) is 137 Å². The third kappa shape index (κ3) is 11.8. The third-order valence-corrected chi connectivity index (χ3v) is 9.85. The number of carbonyl (C=O) groups is 4. The van der Waals surface area contributed by atoms with Crippen LogP contribution in [0.3, 0.4) is 0 Å². The predicted octanol–water partition coefficient (Wildman–Crippen LogP) is -8.76. The molecule has 57 heavy (non-hydrogen) atoms. The Morgan fingerprint density at radius 3 is 1.56 bits per heavy atom. The molecule has 0 saturated carbocycles. The molecule has 3 aliphatic heterocycles. The van der Waals surface area contributed by atoms with Crippen molar-refractivity contribution in [2.24, 2.45) is 0 Å².